The van der Waals surface area contributed by atoms with Crippen LogP contribution in [0.2, 0.25) is 0 Å². The molecule has 0 N–H and O–H groups in total. The first-order chi connectivity index (χ1) is 15.5. The van der Waals surface area contributed by atoms with Crippen molar-refractivity contribution in [2.24, 2.45) is 0 Å². The van der Waals surface area contributed by atoms with Crippen LogP contribution in [0.3, 0.4) is 0 Å². The second-order valence-corrected chi connectivity index (χ2v) is 10.2. The van der Waals surface area contributed by atoms with Crippen LogP contribution in [-0.2, 0) is 18.9 Å². The number of thioether (sulfide) groups is 2. The van der Waals surface area contributed by atoms with Crippen molar-refractivity contribution in [3.8, 4) is 0 Å². The molecule has 0 aromatic heterocycles. The molecule has 2 rings (SSSR count). The molecule has 0 radical (unpaired) electrons. The molecule has 4 nitrogen and oxygen atoms in total. The number of benzene rings is 2. The number of hydrogen-bond acceptors (Lipinski definition) is 6. The Labute approximate surface area is 218 Å². The lowest BCUT2D eigenvalue weighted by molar-refractivity contribution is -0.120. The highest BCUT2D eigenvalue weighted by Gasteiger charge is 2.09. The summed E-state index contributed by atoms with van der Waals surface area (Å²) >= 11 is 10.3. The molecule has 0 amide bonds. The van der Waals surface area contributed by atoms with Crippen LogP contribution in [0.15, 0.2) is 67.3 Å². The van der Waals surface area contributed by atoms with Gasteiger partial charge in [0.2, 0.25) is 0 Å². The molecule has 0 saturated heterocycles. The van der Waals surface area contributed by atoms with E-state index in [0.717, 1.165) is 20.5 Å². The number of hydrogen-bond donors (Lipinski definition) is 0. The molecule has 0 aliphatic rings. The standard InChI is InChI=1S/2C12H17BrO2S/c2*1-3-14-12(15-4-2)9-16-11-7-5-10(13)6-8-11/h2*5-8,12H,3-4,9H2,1-2H3. The van der Waals surface area contributed by atoms with Crippen LogP contribution in [0.1, 0.15) is 27.7 Å². The van der Waals surface area contributed by atoms with Crippen molar-refractivity contribution in [1.29, 1.82) is 0 Å². The van der Waals surface area contributed by atoms with Crippen LogP contribution in [0, 0.1) is 0 Å². The first-order valence-corrected chi connectivity index (χ1v) is 14.3. The summed E-state index contributed by atoms with van der Waals surface area (Å²) in [5, 5.41) is 0. The Morgan fingerprint density at radius 3 is 1.09 bits per heavy atom. The van der Waals surface area contributed by atoms with E-state index >= 15 is 0 Å². The van der Waals surface area contributed by atoms with Crippen LogP contribution in [-0.4, -0.2) is 50.5 Å². The summed E-state index contributed by atoms with van der Waals surface area (Å²) in [6.45, 7) is 10.7. The van der Waals surface area contributed by atoms with Gasteiger partial charge in [-0.25, -0.2) is 0 Å². The lowest BCUT2D eigenvalue weighted by Crippen LogP contribution is -2.19. The summed E-state index contributed by atoms with van der Waals surface area (Å²) in [5.74, 6) is 1.65. The highest BCUT2D eigenvalue weighted by Crippen LogP contribution is 2.23. The van der Waals surface area contributed by atoms with Crippen molar-refractivity contribution in [2.45, 2.75) is 50.1 Å². The van der Waals surface area contributed by atoms with E-state index < -0.39 is 0 Å². The van der Waals surface area contributed by atoms with Crippen LogP contribution in [0.5, 0.6) is 0 Å². The van der Waals surface area contributed by atoms with E-state index in [4.69, 9.17) is 18.9 Å². The van der Waals surface area contributed by atoms with Crippen LogP contribution in [0.25, 0.3) is 0 Å². The number of halogens is 2. The summed E-state index contributed by atoms with van der Waals surface area (Å²) in [7, 11) is 0. The van der Waals surface area contributed by atoms with Gasteiger partial charge < -0.3 is 18.9 Å². The SMILES string of the molecule is CCOC(CSc1ccc(Br)cc1)OCC.CCOC(CSc1ccc(Br)cc1)OCC. The van der Waals surface area contributed by atoms with Crippen molar-refractivity contribution >= 4 is 55.4 Å². The fourth-order valence-electron chi connectivity index (χ4n) is 2.42. The molecule has 180 valence electrons. The second kappa shape index (κ2) is 19.3. The largest absolute Gasteiger partial charge is 0.352 e. The van der Waals surface area contributed by atoms with E-state index in [1.165, 1.54) is 9.79 Å². The minimum absolute atomic E-state index is 0.108. The Morgan fingerprint density at radius 1 is 0.562 bits per heavy atom. The Hall–Kier alpha value is -0.0600. The molecule has 0 saturated carbocycles. The van der Waals surface area contributed by atoms with E-state index in [-0.39, 0.29) is 12.6 Å². The zero-order valence-electron chi connectivity index (χ0n) is 19.2. The first kappa shape index (κ1) is 30.0. The zero-order valence-corrected chi connectivity index (χ0v) is 24.0. The third-order valence-corrected chi connectivity index (χ3v) is 6.96. The zero-order chi connectivity index (χ0) is 23.6. The van der Waals surface area contributed by atoms with Crippen LogP contribution in [0.4, 0.5) is 0 Å². The maximum atomic E-state index is 5.48. The van der Waals surface area contributed by atoms with E-state index in [9.17, 15) is 0 Å². The molecule has 0 aliphatic heterocycles. The van der Waals surface area contributed by atoms with Gasteiger partial charge in [-0.2, -0.15) is 0 Å². The topological polar surface area (TPSA) is 36.9 Å². The summed E-state index contributed by atoms with van der Waals surface area (Å²) in [6, 6.07) is 16.5. The van der Waals surface area contributed by atoms with Gasteiger partial charge in [-0.1, -0.05) is 31.9 Å². The van der Waals surface area contributed by atoms with Crippen molar-refractivity contribution in [3.05, 3.63) is 57.5 Å². The minimum atomic E-state index is -0.108. The average molecular weight is 610 g/mol. The number of ether oxygens (including phenoxy) is 4. The predicted octanol–water partition coefficient (Wildman–Crippen LogP) is 7.88. The highest BCUT2D eigenvalue weighted by atomic mass is 79.9. The molecular formula is C24H34Br2O4S2. The lowest BCUT2D eigenvalue weighted by Gasteiger charge is -2.16. The van der Waals surface area contributed by atoms with Gasteiger partial charge in [0, 0.05) is 56.7 Å². The maximum absolute atomic E-state index is 5.48. The van der Waals surface area contributed by atoms with Crippen LogP contribution >= 0.6 is 55.4 Å². The van der Waals surface area contributed by atoms with Gasteiger partial charge in [0.05, 0.1) is 0 Å². The first-order valence-electron chi connectivity index (χ1n) is 10.7. The molecule has 2 aromatic carbocycles. The normalized spacial score (nSPS) is 11.0. The molecule has 0 unspecified atom stereocenters. The van der Waals surface area contributed by atoms with E-state index in [2.05, 4.69) is 56.1 Å². The fourth-order valence-corrected chi connectivity index (χ4v) is 4.65. The van der Waals surface area contributed by atoms with Gasteiger partial charge >= 0.3 is 0 Å². The Balaban J connectivity index is 0.000000320. The predicted molar refractivity (Wildman–Crippen MR) is 144 cm³/mol. The summed E-state index contributed by atoms with van der Waals surface area (Å²) < 4.78 is 24.1. The Kier molecular flexibility index (Phi) is 18.0. The molecule has 8 heteroatoms. The van der Waals surface area contributed by atoms with Crippen molar-refractivity contribution in [3.63, 3.8) is 0 Å². The van der Waals surface area contributed by atoms with Gasteiger partial charge in [0.1, 0.15) is 0 Å². The van der Waals surface area contributed by atoms with Gasteiger partial charge in [0.15, 0.2) is 12.6 Å². The van der Waals surface area contributed by atoms with Crippen molar-refractivity contribution < 1.29 is 18.9 Å². The van der Waals surface area contributed by atoms with Crippen molar-refractivity contribution in [1.82, 2.24) is 0 Å². The molecule has 0 spiro atoms. The van der Waals surface area contributed by atoms with E-state index in [1.54, 1.807) is 23.5 Å². The third kappa shape index (κ3) is 14.3. The minimum Gasteiger partial charge on any atom is -0.352 e. The molecule has 2 aromatic rings. The average Bonchev–Trinajstić information content (AvgIpc) is 2.79. The number of rotatable bonds is 14. The van der Waals surface area contributed by atoms with Gasteiger partial charge in [0.25, 0.3) is 0 Å². The molecular weight excluding hydrogens is 576 g/mol. The highest BCUT2D eigenvalue weighted by molar-refractivity contribution is 9.10. The fraction of sp³-hybridized carbons (Fsp3) is 0.500. The summed E-state index contributed by atoms with van der Waals surface area (Å²) in [6.07, 6.45) is -0.215. The Morgan fingerprint density at radius 2 is 0.844 bits per heavy atom. The van der Waals surface area contributed by atoms with Crippen molar-refractivity contribution in [2.75, 3.05) is 37.9 Å². The van der Waals surface area contributed by atoms with E-state index in [0.29, 0.717) is 26.4 Å². The Bertz CT molecular complexity index is 629. The molecule has 0 atom stereocenters. The molecule has 0 bridgehead atoms. The monoisotopic (exact) mass is 608 g/mol. The maximum Gasteiger partial charge on any atom is 0.166 e. The van der Waals surface area contributed by atoms with Gasteiger partial charge in [-0.3, -0.25) is 0 Å². The quantitative estimate of drug-likeness (QED) is 0.160. The summed E-state index contributed by atoms with van der Waals surface area (Å²) in [5.41, 5.74) is 0. The second-order valence-electron chi connectivity index (χ2n) is 6.21. The molecule has 0 aliphatic carbocycles. The smallest absolute Gasteiger partial charge is 0.166 e. The van der Waals surface area contributed by atoms with Gasteiger partial charge in [-0.15, -0.1) is 23.5 Å². The lowest BCUT2D eigenvalue weighted by atomic mass is 10.4. The molecule has 0 heterocycles. The third-order valence-electron chi connectivity index (χ3n) is 3.81. The molecule has 32 heavy (non-hydrogen) atoms. The van der Waals surface area contributed by atoms with Gasteiger partial charge in [-0.05, 0) is 76.2 Å². The van der Waals surface area contributed by atoms with E-state index in [1.807, 2.05) is 52.0 Å². The van der Waals surface area contributed by atoms with Crippen LogP contribution < -0.4 is 0 Å². The molecule has 0 fully saturated rings. The summed E-state index contributed by atoms with van der Waals surface area (Å²) in [4.78, 5) is 2.46.